The molecule has 2 aromatic carbocycles. The number of benzene rings is 2. The Bertz CT molecular complexity index is 1530. The van der Waals surface area contributed by atoms with E-state index in [0.717, 1.165) is 23.1 Å². The van der Waals surface area contributed by atoms with Crippen molar-refractivity contribution in [2.24, 2.45) is 5.92 Å². The number of rotatable bonds is 9. The first-order valence-corrected chi connectivity index (χ1v) is 16.0. The van der Waals surface area contributed by atoms with Gasteiger partial charge in [0, 0.05) is 23.7 Å². The number of hydrazine groups is 1. The van der Waals surface area contributed by atoms with Crippen LogP contribution in [0.15, 0.2) is 53.4 Å². The number of carbonyl (C=O) groups excluding carboxylic acids is 1. The van der Waals surface area contributed by atoms with E-state index in [1.807, 2.05) is 52.8 Å². The van der Waals surface area contributed by atoms with Crippen molar-refractivity contribution in [2.75, 3.05) is 24.4 Å². The van der Waals surface area contributed by atoms with Crippen LogP contribution in [0.25, 0.3) is 11.3 Å². The zero-order chi connectivity index (χ0) is 31.3. The van der Waals surface area contributed by atoms with Crippen molar-refractivity contribution in [3.8, 4) is 17.1 Å². The molecule has 3 aromatic rings. The number of nitrogens with one attached hydrogen (secondary N) is 1. The van der Waals surface area contributed by atoms with Crippen LogP contribution in [0.5, 0.6) is 5.88 Å². The summed E-state index contributed by atoms with van der Waals surface area (Å²) in [5, 5.41) is 2.72. The number of amides is 1. The van der Waals surface area contributed by atoms with Gasteiger partial charge in [-0.1, -0.05) is 51.5 Å². The van der Waals surface area contributed by atoms with Crippen molar-refractivity contribution in [2.45, 2.75) is 71.2 Å². The third kappa shape index (κ3) is 7.85. The highest BCUT2D eigenvalue weighted by Gasteiger charge is 2.34. The van der Waals surface area contributed by atoms with Crippen molar-refractivity contribution >= 4 is 21.9 Å². The molecule has 4 rings (SSSR count). The number of sulfonamides is 1. The SMILES string of the molecule is CCCCN(CC(F)F)N1C(=O)c2cccc(c2)S(=O)(=O)Nc2nc(cc(-c3c(C)cccc3C)n2)OC[C@H]1CC(C)C. The molecular formula is C31H39F2N5O4S. The molecule has 1 atom stereocenters. The molecule has 0 aliphatic carbocycles. The normalized spacial score (nSPS) is 16.8. The summed E-state index contributed by atoms with van der Waals surface area (Å²) in [5.74, 6) is -0.605. The average molecular weight is 616 g/mol. The van der Waals surface area contributed by atoms with Crippen molar-refractivity contribution in [1.82, 2.24) is 20.0 Å². The Labute approximate surface area is 252 Å². The molecule has 0 unspecified atom stereocenters. The predicted molar refractivity (Wildman–Crippen MR) is 162 cm³/mol. The van der Waals surface area contributed by atoms with E-state index in [2.05, 4.69) is 14.7 Å². The van der Waals surface area contributed by atoms with Crippen LogP contribution >= 0.6 is 0 Å². The summed E-state index contributed by atoms with van der Waals surface area (Å²) < 4.78 is 63.4. The third-order valence-corrected chi connectivity index (χ3v) is 8.53. The fraction of sp³-hybridized carbons (Fsp3) is 0.452. The lowest BCUT2D eigenvalue weighted by Crippen LogP contribution is -2.56. The monoisotopic (exact) mass is 615 g/mol. The van der Waals surface area contributed by atoms with Gasteiger partial charge in [0.1, 0.15) is 6.61 Å². The molecule has 0 spiro atoms. The van der Waals surface area contributed by atoms with Gasteiger partial charge in [-0.3, -0.25) is 9.80 Å². The number of aromatic nitrogens is 2. The maximum absolute atomic E-state index is 14.1. The highest BCUT2D eigenvalue weighted by molar-refractivity contribution is 7.92. The van der Waals surface area contributed by atoms with Gasteiger partial charge in [-0.05, 0) is 61.9 Å². The fourth-order valence-electron chi connectivity index (χ4n) is 5.28. The Morgan fingerprint density at radius 2 is 1.79 bits per heavy atom. The van der Waals surface area contributed by atoms with Crippen LogP contribution < -0.4 is 9.46 Å². The summed E-state index contributed by atoms with van der Waals surface area (Å²) in [6.45, 7) is 9.25. The van der Waals surface area contributed by atoms with E-state index >= 15 is 0 Å². The lowest BCUT2D eigenvalue weighted by atomic mass is 10.00. The third-order valence-electron chi connectivity index (χ3n) is 7.20. The first kappa shape index (κ1) is 32.3. The minimum atomic E-state index is -4.24. The summed E-state index contributed by atoms with van der Waals surface area (Å²) in [5.41, 5.74) is 3.17. The maximum atomic E-state index is 14.1. The Morgan fingerprint density at radius 1 is 1.09 bits per heavy atom. The van der Waals surface area contributed by atoms with Gasteiger partial charge in [0.25, 0.3) is 22.4 Å². The largest absolute Gasteiger partial charge is 0.475 e. The highest BCUT2D eigenvalue weighted by atomic mass is 32.2. The minimum absolute atomic E-state index is 0.0514. The molecule has 1 aliphatic rings. The Hall–Kier alpha value is -3.64. The van der Waals surface area contributed by atoms with Gasteiger partial charge in [0.15, 0.2) is 0 Å². The molecular weight excluding hydrogens is 576 g/mol. The Morgan fingerprint density at radius 3 is 2.44 bits per heavy atom. The fourth-order valence-corrected chi connectivity index (χ4v) is 6.26. The van der Waals surface area contributed by atoms with Gasteiger partial charge < -0.3 is 4.74 Å². The van der Waals surface area contributed by atoms with Gasteiger partial charge in [-0.25, -0.2) is 31.9 Å². The lowest BCUT2D eigenvalue weighted by molar-refractivity contribution is -0.0763. The second kappa shape index (κ2) is 13.8. The molecule has 0 saturated carbocycles. The summed E-state index contributed by atoms with van der Waals surface area (Å²) in [4.78, 5) is 22.8. The average Bonchev–Trinajstić information content (AvgIpc) is 2.93. The predicted octanol–water partition coefficient (Wildman–Crippen LogP) is 6.09. The first-order chi connectivity index (χ1) is 20.4. The smallest absolute Gasteiger partial charge is 0.268 e. The Balaban J connectivity index is 1.92. The van der Waals surface area contributed by atoms with Crippen LogP contribution in [0.3, 0.4) is 0 Å². The number of anilines is 1. The van der Waals surface area contributed by atoms with Crippen molar-refractivity contribution < 1.29 is 26.7 Å². The molecule has 9 nitrogen and oxygen atoms in total. The maximum Gasteiger partial charge on any atom is 0.268 e. The molecule has 43 heavy (non-hydrogen) atoms. The van der Waals surface area contributed by atoms with Gasteiger partial charge in [-0.15, -0.1) is 0 Å². The lowest BCUT2D eigenvalue weighted by Gasteiger charge is -2.41. The van der Waals surface area contributed by atoms with Crippen molar-refractivity contribution in [1.29, 1.82) is 0 Å². The van der Waals surface area contributed by atoms with E-state index in [4.69, 9.17) is 4.74 Å². The van der Waals surface area contributed by atoms with E-state index in [0.29, 0.717) is 18.5 Å². The Kier molecular flexibility index (Phi) is 10.3. The van der Waals surface area contributed by atoms with Crippen molar-refractivity contribution in [3.05, 3.63) is 65.2 Å². The number of ether oxygens (including phenoxy) is 1. The number of fused-ring (bicyclic) bond motifs is 4. The highest BCUT2D eigenvalue weighted by Crippen LogP contribution is 2.30. The van der Waals surface area contributed by atoms with Crippen LogP contribution in [0.1, 0.15) is 61.5 Å². The summed E-state index contributed by atoms with van der Waals surface area (Å²) in [6.07, 6.45) is -0.944. The molecule has 2 heterocycles. The molecule has 1 amide bonds. The molecule has 1 N–H and O–H groups in total. The van der Waals surface area contributed by atoms with E-state index in [1.54, 1.807) is 6.07 Å². The number of nitrogens with zero attached hydrogens (tertiary/aromatic N) is 4. The standard InChI is InChI=1S/C31H39F2N5O4S/c1-6-7-14-37(18-27(32)33)38-24(15-20(2)3)19-42-28-17-26(29-21(4)10-8-11-22(29)5)34-31(35-28)36-43(40,41)25-13-9-12-23(16-25)30(38)39/h8-13,16-17,20,24,27H,6-7,14-15,18-19H2,1-5H3,(H,34,35,36)/t24-/m1/s1. The summed E-state index contributed by atoms with van der Waals surface area (Å²) in [7, 11) is -4.24. The summed E-state index contributed by atoms with van der Waals surface area (Å²) >= 11 is 0. The van der Waals surface area contributed by atoms with Crippen LogP contribution in [-0.4, -0.2) is 66.5 Å². The zero-order valence-electron chi connectivity index (χ0n) is 25.2. The van der Waals surface area contributed by atoms with Gasteiger partial charge in [-0.2, -0.15) is 4.98 Å². The van der Waals surface area contributed by atoms with Crippen LogP contribution in [0, 0.1) is 19.8 Å². The van der Waals surface area contributed by atoms with Gasteiger partial charge >= 0.3 is 0 Å². The van der Waals surface area contributed by atoms with Crippen LogP contribution in [0.2, 0.25) is 0 Å². The summed E-state index contributed by atoms with van der Waals surface area (Å²) in [6, 6.07) is 12.3. The second-order valence-electron chi connectivity index (χ2n) is 11.2. The van der Waals surface area contributed by atoms with Gasteiger partial charge in [0.05, 0.1) is 23.2 Å². The molecule has 0 radical (unpaired) electrons. The minimum Gasteiger partial charge on any atom is -0.475 e. The second-order valence-corrected chi connectivity index (χ2v) is 12.9. The molecule has 12 heteroatoms. The van der Waals surface area contributed by atoms with E-state index in [9.17, 15) is 22.0 Å². The molecule has 1 aliphatic heterocycles. The number of hydrogen-bond acceptors (Lipinski definition) is 7. The van der Waals surface area contributed by atoms with Gasteiger partial charge in [0.2, 0.25) is 11.8 Å². The molecule has 4 bridgehead atoms. The van der Waals surface area contributed by atoms with E-state index in [1.165, 1.54) is 34.3 Å². The number of halogens is 2. The van der Waals surface area contributed by atoms with Crippen LogP contribution in [0.4, 0.5) is 14.7 Å². The molecule has 0 saturated heterocycles. The number of unbranched alkanes of at least 4 members (excludes halogenated alkanes) is 1. The van der Waals surface area contributed by atoms with Crippen molar-refractivity contribution in [3.63, 3.8) is 0 Å². The number of carbonyl (C=O) groups is 1. The number of alkyl halides is 2. The van der Waals surface area contributed by atoms with E-state index < -0.39 is 34.9 Å². The topological polar surface area (TPSA) is 105 Å². The molecule has 1 aromatic heterocycles. The number of aryl methyl sites for hydroxylation is 2. The first-order valence-electron chi connectivity index (χ1n) is 14.5. The zero-order valence-corrected chi connectivity index (χ0v) is 26.0. The van der Waals surface area contributed by atoms with E-state index in [-0.39, 0.29) is 41.4 Å². The molecule has 232 valence electrons. The number of hydrogen-bond donors (Lipinski definition) is 1. The van der Waals surface area contributed by atoms with Crippen LogP contribution in [-0.2, 0) is 10.0 Å². The quantitative estimate of drug-likeness (QED) is 0.311. The molecule has 0 fully saturated rings.